The largest absolute Gasteiger partial charge is 0.478 e. The quantitative estimate of drug-likeness (QED) is 0.486. The van der Waals surface area contributed by atoms with Gasteiger partial charge >= 0.3 is 5.97 Å². The number of ether oxygens (including phenoxy) is 1. The van der Waals surface area contributed by atoms with Crippen molar-refractivity contribution in [3.63, 3.8) is 0 Å². The number of carbonyl (C=O) groups is 1. The van der Waals surface area contributed by atoms with Crippen LogP contribution in [0.15, 0.2) is 12.3 Å². The number of carboxylic acid groups (broad SMARTS) is 1. The molecule has 1 aliphatic rings. The van der Waals surface area contributed by atoms with E-state index in [-0.39, 0.29) is 0 Å². The summed E-state index contributed by atoms with van der Waals surface area (Å²) in [7, 11) is 0. The second kappa shape index (κ2) is 5.59. The lowest BCUT2D eigenvalue weighted by molar-refractivity contribution is -0.131. The molecule has 0 bridgehead atoms. The second-order valence-electron chi connectivity index (χ2n) is 3.14. The molecular weight excluding hydrogens is 170 g/mol. The molecule has 1 atom stereocenters. The maximum Gasteiger partial charge on any atom is 0.329 e. The zero-order chi connectivity index (χ0) is 9.52. The van der Waals surface area contributed by atoms with Crippen molar-refractivity contribution < 1.29 is 14.6 Å². The Bertz CT molecular complexity index is 185. The molecular formula is C9H15NO3. The van der Waals surface area contributed by atoms with E-state index in [0.29, 0.717) is 5.92 Å². The van der Waals surface area contributed by atoms with Crippen LogP contribution < -0.4 is 5.32 Å². The molecule has 2 N–H and O–H groups in total. The standard InChI is InChI=1S/C9H15NO3/c11-9(12)2-5-10-4-1-8-3-6-13-7-8/h2,5,8,10H,1,3-4,6-7H2,(H,11,12)/b5-2+. The van der Waals surface area contributed by atoms with Gasteiger partial charge in [-0.25, -0.2) is 4.79 Å². The van der Waals surface area contributed by atoms with Crippen LogP contribution in [0.3, 0.4) is 0 Å². The van der Waals surface area contributed by atoms with Gasteiger partial charge in [0.15, 0.2) is 0 Å². The molecule has 0 spiro atoms. The van der Waals surface area contributed by atoms with Crippen LogP contribution in [0.4, 0.5) is 0 Å². The smallest absolute Gasteiger partial charge is 0.329 e. The molecule has 74 valence electrons. The summed E-state index contributed by atoms with van der Waals surface area (Å²) in [4.78, 5) is 10.1. The zero-order valence-electron chi connectivity index (χ0n) is 7.53. The van der Waals surface area contributed by atoms with Gasteiger partial charge in [-0.3, -0.25) is 0 Å². The lowest BCUT2D eigenvalue weighted by Crippen LogP contribution is -2.13. The maximum atomic E-state index is 10.1. The maximum absolute atomic E-state index is 10.1. The highest BCUT2D eigenvalue weighted by molar-refractivity contribution is 5.79. The topological polar surface area (TPSA) is 58.6 Å². The van der Waals surface area contributed by atoms with Gasteiger partial charge in [-0.2, -0.15) is 0 Å². The van der Waals surface area contributed by atoms with E-state index in [4.69, 9.17) is 9.84 Å². The molecule has 1 saturated heterocycles. The van der Waals surface area contributed by atoms with Crippen molar-refractivity contribution in [1.29, 1.82) is 0 Å². The molecule has 0 aliphatic carbocycles. The van der Waals surface area contributed by atoms with Crippen LogP contribution in [-0.4, -0.2) is 30.8 Å². The molecule has 0 radical (unpaired) electrons. The molecule has 1 heterocycles. The van der Waals surface area contributed by atoms with E-state index < -0.39 is 5.97 Å². The summed E-state index contributed by atoms with van der Waals surface area (Å²) in [6.07, 6.45) is 4.75. The lowest BCUT2D eigenvalue weighted by Gasteiger charge is -2.05. The minimum atomic E-state index is -0.920. The van der Waals surface area contributed by atoms with Gasteiger partial charge in [0.1, 0.15) is 0 Å². The highest BCUT2D eigenvalue weighted by Crippen LogP contribution is 2.14. The summed E-state index contributed by atoms with van der Waals surface area (Å²) in [5.74, 6) is -0.276. The molecule has 13 heavy (non-hydrogen) atoms. The molecule has 0 saturated carbocycles. The number of aliphatic carboxylic acids is 1. The van der Waals surface area contributed by atoms with Gasteiger partial charge in [0, 0.05) is 32.0 Å². The van der Waals surface area contributed by atoms with Crippen molar-refractivity contribution in [2.75, 3.05) is 19.8 Å². The Kier molecular flexibility index (Phi) is 4.32. The minimum absolute atomic E-state index is 0.644. The Morgan fingerprint density at radius 1 is 1.69 bits per heavy atom. The summed E-state index contributed by atoms with van der Waals surface area (Å²) in [6.45, 7) is 2.54. The first-order valence-electron chi connectivity index (χ1n) is 4.49. The third-order valence-electron chi connectivity index (χ3n) is 2.06. The van der Waals surface area contributed by atoms with Gasteiger partial charge in [-0.05, 0) is 18.8 Å². The summed E-state index contributed by atoms with van der Waals surface area (Å²) < 4.78 is 5.21. The lowest BCUT2D eigenvalue weighted by atomic mass is 10.1. The van der Waals surface area contributed by atoms with Gasteiger partial charge in [-0.15, -0.1) is 0 Å². The van der Waals surface area contributed by atoms with Crippen molar-refractivity contribution in [3.8, 4) is 0 Å². The molecule has 4 heteroatoms. The molecule has 0 aromatic rings. The van der Waals surface area contributed by atoms with Crippen LogP contribution in [0.5, 0.6) is 0 Å². The van der Waals surface area contributed by atoms with Crippen LogP contribution in [0.25, 0.3) is 0 Å². The zero-order valence-corrected chi connectivity index (χ0v) is 7.53. The number of carboxylic acids is 1. The van der Waals surface area contributed by atoms with E-state index in [1.807, 2.05) is 0 Å². The normalized spacial score (nSPS) is 22.3. The second-order valence-corrected chi connectivity index (χ2v) is 3.14. The van der Waals surface area contributed by atoms with Crippen molar-refractivity contribution in [1.82, 2.24) is 5.32 Å². The fourth-order valence-corrected chi connectivity index (χ4v) is 1.31. The van der Waals surface area contributed by atoms with E-state index in [1.54, 1.807) is 0 Å². The van der Waals surface area contributed by atoms with E-state index in [0.717, 1.165) is 38.7 Å². The molecule has 0 aromatic carbocycles. The predicted molar refractivity (Wildman–Crippen MR) is 48.3 cm³/mol. The minimum Gasteiger partial charge on any atom is -0.478 e. The Morgan fingerprint density at radius 3 is 3.15 bits per heavy atom. The first-order valence-corrected chi connectivity index (χ1v) is 4.49. The number of hydrogen-bond acceptors (Lipinski definition) is 3. The summed E-state index contributed by atoms with van der Waals surface area (Å²) >= 11 is 0. The van der Waals surface area contributed by atoms with Gasteiger partial charge < -0.3 is 15.2 Å². The Hall–Kier alpha value is -1.03. The molecule has 4 nitrogen and oxygen atoms in total. The van der Waals surface area contributed by atoms with Crippen LogP contribution in [0.2, 0.25) is 0 Å². The van der Waals surface area contributed by atoms with Gasteiger partial charge in [0.25, 0.3) is 0 Å². The van der Waals surface area contributed by atoms with E-state index >= 15 is 0 Å². The van der Waals surface area contributed by atoms with E-state index in [1.165, 1.54) is 6.20 Å². The monoisotopic (exact) mass is 185 g/mol. The molecule has 1 aliphatic heterocycles. The highest BCUT2D eigenvalue weighted by atomic mass is 16.5. The average Bonchev–Trinajstić information content (AvgIpc) is 2.55. The molecule has 1 fully saturated rings. The van der Waals surface area contributed by atoms with Crippen LogP contribution in [0, 0.1) is 5.92 Å². The first-order chi connectivity index (χ1) is 6.29. The molecule has 1 unspecified atom stereocenters. The molecule has 0 aromatic heterocycles. The van der Waals surface area contributed by atoms with Gasteiger partial charge in [-0.1, -0.05) is 0 Å². The van der Waals surface area contributed by atoms with Crippen LogP contribution in [-0.2, 0) is 9.53 Å². The van der Waals surface area contributed by atoms with Crippen LogP contribution >= 0.6 is 0 Å². The highest BCUT2D eigenvalue weighted by Gasteiger charge is 2.14. The Balaban J connectivity index is 1.97. The molecule has 0 amide bonds. The summed E-state index contributed by atoms with van der Waals surface area (Å²) in [5, 5.41) is 11.2. The van der Waals surface area contributed by atoms with Crippen molar-refractivity contribution >= 4 is 5.97 Å². The van der Waals surface area contributed by atoms with Gasteiger partial charge in [0.2, 0.25) is 0 Å². The van der Waals surface area contributed by atoms with Crippen LogP contribution in [0.1, 0.15) is 12.8 Å². The van der Waals surface area contributed by atoms with E-state index in [9.17, 15) is 4.79 Å². The average molecular weight is 185 g/mol. The third-order valence-corrected chi connectivity index (χ3v) is 2.06. The summed E-state index contributed by atoms with van der Waals surface area (Å²) in [6, 6.07) is 0. The molecule has 1 rings (SSSR count). The Labute approximate surface area is 77.6 Å². The number of nitrogens with one attached hydrogen (secondary N) is 1. The van der Waals surface area contributed by atoms with Crippen molar-refractivity contribution in [2.45, 2.75) is 12.8 Å². The fraction of sp³-hybridized carbons (Fsp3) is 0.667. The number of rotatable bonds is 5. The first kappa shape index (κ1) is 10.1. The van der Waals surface area contributed by atoms with Crippen molar-refractivity contribution in [3.05, 3.63) is 12.3 Å². The van der Waals surface area contributed by atoms with E-state index in [2.05, 4.69) is 5.32 Å². The predicted octanol–water partition coefficient (Wildman–Crippen LogP) is 0.601. The fourth-order valence-electron chi connectivity index (χ4n) is 1.31. The van der Waals surface area contributed by atoms with Gasteiger partial charge in [0.05, 0.1) is 0 Å². The summed E-state index contributed by atoms with van der Waals surface area (Å²) in [5.41, 5.74) is 0. The Morgan fingerprint density at radius 2 is 2.54 bits per heavy atom. The SMILES string of the molecule is O=C(O)/C=C/NCCC1CCOC1. The third kappa shape index (κ3) is 4.52. The number of hydrogen-bond donors (Lipinski definition) is 2. The van der Waals surface area contributed by atoms with Crippen molar-refractivity contribution in [2.24, 2.45) is 5.92 Å².